The molecule has 0 saturated heterocycles. The molecule has 7 heteroatoms. The van der Waals surface area contributed by atoms with Crippen molar-refractivity contribution in [2.75, 3.05) is 6.54 Å². The second-order valence-electron chi connectivity index (χ2n) is 10.8. The van der Waals surface area contributed by atoms with E-state index in [1.165, 1.54) is 104 Å². The van der Waals surface area contributed by atoms with Crippen LogP contribution < -0.4 is 0 Å². The molecule has 3 N–H and O–H groups in total. The van der Waals surface area contributed by atoms with Gasteiger partial charge >= 0.3 is 17.9 Å². The van der Waals surface area contributed by atoms with Crippen molar-refractivity contribution in [2.24, 2.45) is 0 Å². The summed E-state index contributed by atoms with van der Waals surface area (Å²) < 4.78 is -0.476. The van der Waals surface area contributed by atoms with Crippen molar-refractivity contribution in [3.8, 4) is 0 Å². The molecular weight excluding hydrogens is 470 g/mol. The molecule has 3 unspecified atom stereocenters. The van der Waals surface area contributed by atoms with Gasteiger partial charge in [0.2, 0.25) is 0 Å². The normalized spacial score (nSPS) is 15.8. The molecule has 0 fully saturated rings. The van der Waals surface area contributed by atoms with E-state index < -0.39 is 40.5 Å². The van der Waals surface area contributed by atoms with Crippen molar-refractivity contribution in [3.05, 3.63) is 12.2 Å². The smallest absolute Gasteiger partial charge is 0.362 e. The van der Waals surface area contributed by atoms with Gasteiger partial charge in [-0.3, -0.25) is 4.48 Å². The van der Waals surface area contributed by atoms with Crippen LogP contribution in [0.3, 0.4) is 0 Å². The van der Waals surface area contributed by atoms with Crippen LogP contribution in [0.5, 0.6) is 0 Å². The first-order valence-corrected chi connectivity index (χ1v) is 14.8. The van der Waals surface area contributed by atoms with Crippen LogP contribution in [0.1, 0.15) is 137 Å². The Kier molecular flexibility index (Phi) is 20.0. The summed E-state index contributed by atoms with van der Waals surface area (Å²) in [5.74, 6) is -3.51. The number of carboxylic acids is 3. The van der Waals surface area contributed by atoms with Crippen molar-refractivity contribution in [2.45, 2.75) is 155 Å². The monoisotopic (exact) mass is 526 g/mol. The molecule has 0 aliphatic rings. The molecule has 0 amide bonds. The molecule has 0 radical (unpaired) electrons. The van der Waals surface area contributed by atoms with Gasteiger partial charge in [-0.2, -0.15) is 0 Å². The van der Waals surface area contributed by atoms with Crippen LogP contribution in [0.25, 0.3) is 0 Å². The summed E-state index contributed by atoms with van der Waals surface area (Å²) in [6.45, 7) is 6.59. The van der Waals surface area contributed by atoms with Crippen molar-refractivity contribution in [3.63, 3.8) is 0 Å². The third-order valence-electron chi connectivity index (χ3n) is 8.14. The molecule has 37 heavy (non-hydrogen) atoms. The van der Waals surface area contributed by atoms with Crippen LogP contribution in [0.2, 0.25) is 0 Å². The fourth-order valence-electron chi connectivity index (χ4n) is 5.49. The molecule has 0 spiro atoms. The number of quaternary nitrogens is 1. The molecule has 0 heterocycles. The molecule has 0 aromatic carbocycles. The molecular formula is C30H56NO6+. The third kappa shape index (κ3) is 14.0. The fourth-order valence-corrected chi connectivity index (χ4v) is 5.49. The molecule has 0 saturated carbocycles. The van der Waals surface area contributed by atoms with Gasteiger partial charge in [-0.1, -0.05) is 95.6 Å². The van der Waals surface area contributed by atoms with Gasteiger partial charge < -0.3 is 15.3 Å². The molecule has 0 aliphatic heterocycles. The second kappa shape index (κ2) is 21.1. The van der Waals surface area contributed by atoms with Crippen LogP contribution in [0, 0.1) is 0 Å². The lowest BCUT2D eigenvalue weighted by molar-refractivity contribution is -0.968. The standard InChI is InChI=1S/C30H55NO6/c1-5-6-7-8-9-10-11-12-13-14-15-16-17-18-19-20-21-22-23-24-31(25(2)28(32)33,26(3)29(34)35)27(4)30(36)37/h5-6,25-27H,7-24H2,1-4H3,(H2-,32,33,34,35,36,37)/p+1/b6-5+. The zero-order chi connectivity index (χ0) is 28.1. The number of aliphatic carboxylic acids is 3. The van der Waals surface area contributed by atoms with E-state index in [1.54, 1.807) is 0 Å². The highest BCUT2D eigenvalue weighted by molar-refractivity contribution is 5.77. The number of nitrogens with zero attached hydrogens (tertiary/aromatic N) is 1. The summed E-state index contributed by atoms with van der Waals surface area (Å²) in [6.07, 6.45) is 25.0. The molecule has 216 valence electrons. The van der Waals surface area contributed by atoms with Crippen LogP contribution >= 0.6 is 0 Å². The molecule has 0 rings (SSSR count). The minimum atomic E-state index is -1.17. The van der Waals surface area contributed by atoms with Gasteiger partial charge in [0, 0.05) is 0 Å². The molecule has 0 bridgehead atoms. The maximum atomic E-state index is 11.8. The molecule has 0 aromatic heterocycles. The first-order valence-electron chi connectivity index (χ1n) is 14.8. The van der Waals surface area contributed by atoms with Gasteiger partial charge in [0.25, 0.3) is 0 Å². The highest BCUT2D eigenvalue weighted by Gasteiger charge is 2.52. The van der Waals surface area contributed by atoms with Crippen molar-refractivity contribution < 1.29 is 34.2 Å². The minimum Gasteiger partial charge on any atom is -0.477 e. The predicted molar refractivity (Wildman–Crippen MR) is 150 cm³/mol. The summed E-state index contributed by atoms with van der Waals surface area (Å²) in [7, 11) is 0. The molecule has 0 aliphatic carbocycles. The van der Waals surface area contributed by atoms with Gasteiger partial charge in [-0.15, -0.1) is 0 Å². The summed E-state index contributed by atoms with van der Waals surface area (Å²) in [5, 5.41) is 28.9. The Morgan fingerprint density at radius 2 is 0.811 bits per heavy atom. The van der Waals surface area contributed by atoms with Crippen LogP contribution in [-0.4, -0.2) is 62.4 Å². The topological polar surface area (TPSA) is 112 Å². The number of carbonyl (C=O) groups is 3. The lowest BCUT2D eigenvalue weighted by atomic mass is 9.99. The Morgan fingerprint density at radius 3 is 1.08 bits per heavy atom. The molecule has 3 atom stereocenters. The van der Waals surface area contributed by atoms with Gasteiger partial charge in [0.15, 0.2) is 18.1 Å². The van der Waals surface area contributed by atoms with Crippen LogP contribution in [0.4, 0.5) is 0 Å². The Labute approximate surface area is 225 Å². The Balaban J connectivity index is 4.10. The summed E-state index contributed by atoms with van der Waals surface area (Å²) in [5.41, 5.74) is 0. The highest BCUT2D eigenvalue weighted by Crippen LogP contribution is 2.27. The lowest BCUT2D eigenvalue weighted by Gasteiger charge is -2.47. The SMILES string of the molecule is C/C=C/CCCCCCCCCCCCCCCCCC[N+](C(C)C(=O)O)(C(C)C(=O)O)C(C)C(=O)O. The largest absolute Gasteiger partial charge is 0.477 e. The van der Waals surface area contributed by atoms with E-state index in [0.717, 1.165) is 19.3 Å². The van der Waals surface area contributed by atoms with E-state index in [4.69, 9.17) is 0 Å². The average Bonchev–Trinajstić information content (AvgIpc) is 2.86. The third-order valence-corrected chi connectivity index (χ3v) is 8.14. The number of rotatable bonds is 25. The number of hydrogen-bond donors (Lipinski definition) is 3. The maximum absolute atomic E-state index is 11.8. The number of carboxylic acid groups (broad SMARTS) is 3. The zero-order valence-electron chi connectivity index (χ0n) is 24.1. The number of allylic oxidation sites excluding steroid dienone is 2. The Morgan fingerprint density at radius 1 is 0.541 bits per heavy atom. The van der Waals surface area contributed by atoms with Crippen molar-refractivity contribution in [1.82, 2.24) is 0 Å². The van der Waals surface area contributed by atoms with Crippen molar-refractivity contribution >= 4 is 17.9 Å². The average molecular weight is 527 g/mol. The van der Waals surface area contributed by atoms with E-state index in [1.807, 2.05) is 0 Å². The summed E-state index contributed by atoms with van der Waals surface area (Å²) >= 11 is 0. The molecule has 7 nitrogen and oxygen atoms in total. The van der Waals surface area contributed by atoms with Gasteiger partial charge in [-0.05, 0) is 53.4 Å². The highest BCUT2D eigenvalue weighted by atomic mass is 16.4. The first kappa shape index (κ1) is 35.1. The van der Waals surface area contributed by atoms with E-state index in [9.17, 15) is 29.7 Å². The zero-order valence-corrected chi connectivity index (χ0v) is 24.1. The van der Waals surface area contributed by atoms with Gasteiger partial charge in [-0.25, -0.2) is 14.4 Å². The van der Waals surface area contributed by atoms with E-state index in [2.05, 4.69) is 19.1 Å². The second-order valence-corrected chi connectivity index (χ2v) is 10.8. The quantitative estimate of drug-likeness (QED) is 0.0648. The Bertz CT molecular complexity index is 612. The lowest BCUT2D eigenvalue weighted by Crippen LogP contribution is -2.70. The molecule has 0 aromatic rings. The van der Waals surface area contributed by atoms with E-state index in [0.29, 0.717) is 6.42 Å². The van der Waals surface area contributed by atoms with E-state index >= 15 is 0 Å². The summed E-state index contributed by atoms with van der Waals surface area (Å²) in [4.78, 5) is 35.4. The minimum absolute atomic E-state index is 0.227. The number of unbranched alkanes of at least 4 members (excludes halogenated alkanes) is 16. The van der Waals surface area contributed by atoms with Crippen molar-refractivity contribution in [1.29, 1.82) is 0 Å². The fraction of sp³-hybridized carbons (Fsp3) is 0.833. The van der Waals surface area contributed by atoms with Crippen LogP contribution in [0.15, 0.2) is 12.2 Å². The first-order chi connectivity index (χ1) is 17.6. The van der Waals surface area contributed by atoms with Crippen LogP contribution in [-0.2, 0) is 14.4 Å². The van der Waals surface area contributed by atoms with Gasteiger partial charge in [0.1, 0.15) is 0 Å². The van der Waals surface area contributed by atoms with E-state index in [-0.39, 0.29) is 6.54 Å². The summed E-state index contributed by atoms with van der Waals surface area (Å²) in [6, 6.07) is -3.36. The van der Waals surface area contributed by atoms with Gasteiger partial charge in [0.05, 0.1) is 6.54 Å². The number of hydrogen-bond acceptors (Lipinski definition) is 3. The predicted octanol–water partition coefficient (Wildman–Crippen LogP) is 7.43. The Hall–Kier alpha value is -1.89. The maximum Gasteiger partial charge on any atom is 0.362 e.